The Balaban J connectivity index is 1.71. The first kappa shape index (κ1) is 9.94. The van der Waals surface area contributed by atoms with E-state index in [1.165, 1.54) is 24.8 Å². The number of nitrogens with one attached hydrogen (secondary N) is 1. The van der Waals surface area contributed by atoms with E-state index in [0.29, 0.717) is 5.15 Å². The van der Waals surface area contributed by atoms with E-state index in [0.717, 1.165) is 19.0 Å². The lowest BCUT2D eigenvalue weighted by Crippen LogP contribution is -2.36. The van der Waals surface area contributed by atoms with Gasteiger partial charge < -0.3 is 5.32 Å². The summed E-state index contributed by atoms with van der Waals surface area (Å²) < 4.78 is 0. The molecular weight excluding hydrogens is 196 g/mol. The van der Waals surface area contributed by atoms with Gasteiger partial charge in [-0.15, -0.1) is 0 Å². The summed E-state index contributed by atoms with van der Waals surface area (Å²) in [4.78, 5) is 4.05. The molecule has 0 bridgehead atoms. The van der Waals surface area contributed by atoms with Crippen molar-refractivity contribution < 1.29 is 0 Å². The maximum Gasteiger partial charge on any atom is 0.129 e. The third-order valence-electron chi connectivity index (χ3n) is 2.74. The monoisotopic (exact) mass is 210 g/mol. The van der Waals surface area contributed by atoms with Gasteiger partial charge in [-0.25, -0.2) is 4.98 Å². The average molecular weight is 211 g/mol. The fraction of sp³-hybridized carbons (Fsp3) is 0.545. The fourth-order valence-electron chi connectivity index (χ4n) is 1.59. The smallest absolute Gasteiger partial charge is 0.129 e. The molecule has 1 aromatic rings. The molecule has 0 aliphatic heterocycles. The van der Waals surface area contributed by atoms with Crippen LogP contribution in [0.5, 0.6) is 0 Å². The zero-order chi connectivity index (χ0) is 9.80. The number of rotatable bonds is 4. The first-order chi connectivity index (χ1) is 6.84. The molecule has 2 rings (SSSR count). The molecule has 14 heavy (non-hydrogen) atoms. The Labute approximate surface area is 89.7 Å². The topological polar surface area (TPSA) is 24.9 Å². The van der Waals surface area contributed by atoms with Crippen molar-refractivity contribution in [1.29, 1.82) is 0 Å². The highest BCUT2D eigenvalue weighted by Gasteiger charge is 2.15. The summed E-state index contributed by atoms with van der Waals surface area (Å²) in [5.74, 6) is 0. The molecule has 0 aromatic carbocycles. The summed E-state index contributed by atoms with van der Waals surface area (Å²) in [5, 5.41) is 4.09. The molecule has 76 valence electrons. The molecule has 1 aromatic heterocycles. The summed E-state index contributed by atoms with van der Waals surface area (Å²) >= 11 is 5.70. The average Bonchev–Trinajstić information content (AvgIpc) is 2.12. The highest BCUT2D eigenvalue weighted by atomic mass is 35.5. The second-order valence-electron chi connectivity index (χ2n) is 3.82. The van der Waals surface area contributed by atoms with E-state index in [1.807, 2.05) is 18.3 Å². The molecule has 2 nitrogen and oxygen atoms in total. The third-order valence-corrected chi connectivity index (χ3v) is 2.96. The number of aromatic nitrogens is 1. The van der Waals surface area contributed by atoms with Crippen molar-refractivity contribution in [2.24, 2.45) is 0 Å². The van der Waals surface area contributed by atoms with Crippen molar-refractivity contribution in [3.05, 3.63) is 29.0 Å². The van der Waals surface area contributed by atoms with Crippen molar-refractivity contribution in [1.82, 2.24) is 10.3 Å². The van der Waals surface area contributed by atoms with Gasteiger partial charge in [0.25, 0.3) is 0 Å². The Morgan fingerprint density at radius 2 is 2.29 bits per heavy atom. The van der Waals surface area contributed by atoms with Gasteiger partial charge in [-0.3, -0.25) is 0 Å². The Morgan fingerprint density at radius 1 is 1.43 bits per heavy atom. The van der Waals surface area contributed by atoms with Gasteiger partial charge in [0.1, 0.15) is 5.15 Å². The standard InChI is InChI=1S/C11H15ClN2/c12-11-5-4-9(8-14-11)6-7-13-10-2-1-3-10/h4-5,8,10,13H,1-3,6-7H2. The van der Waals surface area contributed by atoms with E-state index in [9.17, 15) is 0 Å². The number of hydrogen-bond acceptors (Lipinski definition) is 2. The molecule has 0 amide bonds. The minimum atomic E-state index is 0.570. The summed E-state index contributed by atoms with van der Waals surface area (Å²) in [6, 6.07) is 4.66. The summed E-state index contributed by atoms with van der Waals surface area (Å²) in [7, 11) is 0. The quantitative estimate of drug-likeness (QED) is 0.773. The van der Waals surface area contributed by atoms with E-state index < -0.39 is 0 Å². The van der Waals surface area contributed by atoms with Crippen molar-refractivity contribution in [2.75, 3.05) is 6.54 Å². The van der Waals surface area contributed by atoms with Gasteiger partial charge in [0, 0.05) is 12.2 Å². The predicted molar refractivity (Wildman–Crippen MR) is 58.6 cm³/mol. The molecule has 1 aliphatic carbocycles. The molecule has 1 N–H and O–H groups in total. The molecule has 0 unspecified atom stereocenters. The van der Waals surface area contributed by atoms with Gasteiger partial charge >= 0.3 is 0 Å². The number of hydrogen-bond donors (Lipinski definition) is 1. The zero-order valence-electron chi connectivity index (χ0n) is 8.17. The minimum absolute atomic E-state index is 0.570. The SMILES string of the molecule is Clc1ccc(CCNC2CCC2)cn1. The normalized spacial score (nSPS) is 16.6. The first-order valence-electron chi connectivity index (χ1n) is 5.18. The Bertz CT molecular complexity index is 280. The molecular formula is C11H15ClN2. The minimum Gasteiger partial charge on any atom is -0.314 e. The largest absolute Gasteiger partial charge is 0.314 e. The molecule has 0 saturated heterocycles. The molecule has 3 heteroatoms. The lowest BCUT2D eigenvalue weighted by Gasteiger charge is -2.26. The van der Waals surface area contributed by atoms with Crippen LogP contribution in [0.1, 0.15) is 24.8 Å². The van der Waals surface area contributed by atoms with Crippen LogP contribution in [0.2, 0.25) is 5.15 Å². The van der Waals surface area contributed by atoms with Crippen LogP contribution in [0.25, 0.3) is 0 Å². The van der Waals surface area contributed by atoms with E-state index in [2.05, 4.69) is 10.3 Å². The number of halogens is 1. The van der Waals surface area contributed by atoms with Crippen molar-refractivity contribution >= 4 is 11.6 Å². The fourth-order valence-corrected chi connectivity index (χ4v) is 1.70. The van der Waals surface area contributed by atoms with Crippen LogP contribution in [0.3, 0.4) is 0 Å². The van der Waals surface area contributed by atoms with Crippen LogP contribution < -0.4 is 5.32 Å². The molecule has 1 heterocycles. The van der Waals surface area contributed by atoms with E-state index in [1.54, 1.807) is 0 Å². The molecule has 1 fully saturated rings. The lowest BCUT2D eigenvalue weighted by atomic mass is 9.93. The van der Waals surface area contributed by atoms with E-state index in [-0.39, 0.29) is 0 Å². The van der Waals surface area contributed by atoms with Crippen LogP contribution in [0.15, 0.2) is 18.3 Å². The van der Waals surface area contributed by atoms with Crippen molar-refractivity contribution in [3.8, 4) is 0 Å². The summed E-state index contributed by atoms with van der Waals surface area (Å²) in [6.45, 7) is 1.05. The summed E-state index contributed by atoms with van der Waals surface area (Å²) in [5.41, 5.74) is 1.25. The zero-order valence-corrected chi connectivity index (χ0v) is 8.93. The highest BCUT2D eigenvalue weighted by Crippen LogP contribution is 2.17. The highest BCUT2D eigenvalue weighted by molar-refractivity contribution is 6.29. The van der Waals surface area contributed by atoms with Crippen LogP contribution >= 0.6 is 11.6 Å². The maximum absolute atomic E-state index is 5.70. The third kappa shape index (κ3) is 2.69. The Hall–Kier alpha value is -0.600. The second kappa shape index (κ2) is 4.76. The van der Waals surface area contributed by atoms with E-state index in [4.69, 9.17) is 11.6 Å². The molecule has 1 saturated carbocycles. The van der Waals surface area contributed by atoms with E-state index >= 15 is 0 Å². The Morgan fingerprint density at radius 3 is 2.86 bits per heavy atom. The van der Waals surface area contributed by atoms with Gasteiger partial charge in [0.05, 0.1) is 0 Å². The molecule has 0 atom stereocenters. The maximum atomic E-state index is 5.70. The molecule has 1 aliphatic rings. The molecule has 0 spiro atoms. The number of pyridine rings is 1. The lowest BCUT2D eigenvalue weighted by molar-refractivity contribution is 0.342. The van der Waals surface area contributed by atoms with Gasteiger partial charge in [0.15, 0.2) is 0 Å². The van der Waals surface area contributed by atoms with Crippen molar-refractivity contribution in [3.63, 3.8) is 0 Å². The van der Waals surface area contributed by atoms with Gasteiger partial charge in [-0.2, -0.15) is 0 Å². The molecule has 0 radical (unpaired) electrons. The van der Waals surface area contributed by atoms with Crippen LogP contribution in [0, 0.1) is 0 Å². The van der Waals surface area contributed by atoms with Crippen LogP contribution in [-0.4, -0.2) is 17.6 Å². The van der Waals surface area contributed by atoms with Crippen LogP contribution in [-0.2, 0) is 6.42 Å². The second-order valence-corrected chi connectivity index (χ2v) is 4.21. The first-order valence-corrected chi connectivity index (χ1v) is 5.56. The number of nitrogens with zero attached hydrogens (tertiary/aromatic N) is 1. The van der Waals surface area contributed by atoms with Crippen LogP contribution in [0.4, 0.5) is 0 Å². The van der Waals surface area contributed by atoms with Crippen molar-refractivity contribution in [2.45, 2.75) is 31.7 Å². The van der Waals surface area contributed by atoms with Gasteiger partial charge in [-0.1, -0.05) is 24.1 Å². The van der Waals surface area contributed by atoms with Gasteiger partial charge in [0.2, 0.25) is 0 Å². The Kier molecular flexibility index (Phi) is 3.38. The predicted octanol–water partition coefficient (Wildman–Crippen LogP) is 2.42. The summed E-state index contributed by atoms with van der Waals surface area (Å²) in [6.07, 6.45) is 6.98. The van der Waals surface area contributed by atoms with Gasteiger partial charge in [-0.05, 0) is 37.4 Å².